The average molecular weight is 290 g/mol. The molecule has 0 atom stereocenters. The first-order chi connectivity index (χ1) is 9.95. The molecular weight excluding hydrogens is 270 g/mol. The average Bonchev–Trinajstić information content (AvgIpc) is 2.44. The highest BCUT2D eigenvalue weighted by Gasteiger charge is 2.23. The third-order valence-electron chi connectivity index (χ3n) is 3.74. The molecule has 1 heterocycles. The molecule has 2 rings (SSSR count). The molecule has 1 fully saturated rings. The fourth-order valence-electron chi connectivity index (χ4n) is 2.62. The Bertz CT molecular complexity index is 513. The quantitative estimate of drug-likeness (QED) is 0.817. The summed E-state index contributed by atoms with van der Waals surface area (Å²) in [7, 11) is 0. The van der Waals surface area contributed by atoms with Gasteiger partial charge in [0.1, 0.15) is 5.75 Å². The number of aryl methyl sites for hydroxylation is 2. The SMILES string of the molecule is Cc1cc(C)cc(OCC(=O)N2CCC(C(=O)[O-])CC2)c1. The van der Waals surface area contributed by atoms with Crippen molar-refractivity contribution in [3.05, 3.63) is 29.3 Å². The monoisotopic (exact) mass is 290 g/mol. The van der Waals surface area contributed by atoms with E-state index in [9.17, 15) is 14.7 Å². The van der Waals surface area contributed by atoms with Gasteiger partial charge in [0, 0.05) is 25.0 Å². The first-order valence-electron chi connectivity index (χ1n) is 7.15. The van der Waals surface area contributed by atoms with Gasteiger partial charge in [-0.05, 0) is 49.9 Å². The van der Waals surface area contributed by atoms with Crippen LogP contribution in [0.4, 0.5) is 0 Å². The van der Waals surface area contributed by atoms with Gasteiger partial charge in [-0.2, -0.15) is 0 Å². The van der Waals surface area contributed by atoms with Gasteiger partial charge in [0.15, 0.2) is 6.61 Å². The molecule has 0 saturated carbocycles. The molecule has 0 N–H and O–H groups in total. The van der Waals surface area contributed by atoms with Crippen molar-refractivity contribution in [1.82, 2.24) is 4.90 Å². The van der Waals surface area contributed by atoms with Crippen molar-refractivity contribution < 1.29 is 19.4 Å². The number of carboxylic acid groups (broad SMARTS) is 1. The van der Waals surface area contributed by atoms with Gasteiger partial charge in [-0.1, -0.05) is 6.07 Å². The third-order valence-corrected chi connectivity index (χ3v) is 3.74. The van der Waals surface area contributed by atoms with E-state index in [1.54, 1.807) is 4.90 Å². The number of piperidine rings is 1. The lowest BCUT2D eigenvalue weighted by Gasteiger charge is -2.32. The van der Waals surface area contributed by atoms with E-state index in [0.29, 0.717) is 31.7 Å². The summed E-state index contributed by atoms with van der Waals surface area (Å²) >= 11 is 0. The minimum absolute atomic E-state index is 0.0150. The molecule has 0 bridgehead atoms. The Balaban J connectivity index is 1.84. The number of ether oxygens (including phenoxy) is 1. The van der Waals surface area contributed by atoms with Crippen LogP contribution in [-0.4, -0.2) is 36.5 Å². The van der Waals surface area contributed by atoms with Gasteiger partial charge >= 0.3 is 0 Å². The smallest absolute Gasteiger partial charge is 0.260 e. The van der Waals surface area contributed by atoms with Crippen LogP contribution in [0, 0.1) is 19.8 Å². The summed E-state index contributed by atoms with van der Waals surface area (Å²) in [5, 5.41) is 10.8. The number of aliphatic carboxylic acids is 1. The molecule has 1 aliphatic heterocycles. The number of hydrogen-bond donors (Lipinski definition) is 0. The lowest BCUT2D eigenvalue weighted by molar-refractivity contribution is -0.312. The van der Waals surface area contributed by atoms with E-state index in [-0.39, 0.29) is 12.5 Å². The number of hydrogen-bond acceptors (Lipinski definition) is 4. The Morgan fingerprint density at radius 2 is 1.76 bits per heavy atom. The predicted octanol–water partition coefficient (Wildman–Crippen LogP) is 0.671. The first kappa shape index (κ1) is 15.4. The maximum absolute atomic E-state index is 12.1. The van der Waals surface area contributed by atoms with Crippen LogP contribution in [0.25, 0.3) is 0 Å². The van der Waals surface area contributed by atoms with Gasteiger partial charge in [-0.3, -0.25) is 4.79 Å². The van der Waals surface area contributed by atoms with E-state index in [2.05, 4.69) is 0 Å². The van der Waals surface area contributed by atoms with Gasteiger partial charge in [-0.15, -0.1) is 0 Å². The second kappa shape index (κ2) is 6.61. The summed E-state index contributed by atoms with van der Waals surface area (Å²) < 4.78 is 5.54. The largest absolute Gasteiger partial charge is 0.550 e. The van der Waals surface area contributed by atoms with Crippen LogP contribution in [0.5, 0.6) is 5.75 Å². The van der Waals surface area contributed by atoms with Gasteiger partial charge < -0.3 is 19.5 Å². The van der Waals surface area contributed by atoms with Crippen LogP contribution in [0.1, 0.15) is 24.0 Å². The molecule has 5 nitrogen and oxygen atoms in total. The molecule has 5 heteroatoms. The number of likely N-dealkylation sites (tertiary alicyclic amines) is 1. The summed E-state index contributed by atoms with van der Waals surface area (Å²) in [5.74, 6) is -0.876. The second-order valence-electron chi connectivity index (χ2n) is 5.59. The highest BCUT2D eigenvalue weighted by molar-refractivity contribution is 5.78. The number of nitrogens with zero attached hydrogens (tertiary/aromatic N) is 1. The van der Waals surface area contributed by atoms with E-state index in [1.165, 1.54) is 0 Å². The van der Waals surface area contributed by atoms with Gasteiger partial charge in [0.2, 0.25) is 0 Å². The van der Waals surface area contributed by atoms with Crippen LogP contribution >= 0.6 is 0 Å². The van der Waals surface area contributed by atoms with Crippen molar-refractivity contribution >= 4 is 11.9 Å². The normalized spacial score (nSPS) is 15.8. The molecule has 114 valence electrons. The Kier molecular flexibility index (Phi) is 4.83. The third kappa shape index (κ3) is 4.21. The molecule has 1 aromatic carbocycles. The molecule has 0 unspecified atom stereocenters. The van der Waals surface area contributed by atoms with Gasteiger partial charge in [-0.25, -0.2) is 0 Å². The predicted molar refractivity (Wildman–Crippen MR) is 75.7 cm³/mol. The zero-order valence-corrected chi connectivity index (χ0v) is 12.4. The van der Waals surface area contributed by atoms with E-state index >= 15 is 0 Å². The Labute approximate surface area is 124 Å². The number of carbonyl (C=O) groups excluding carboxylic acids is 2. The Morgan fingerprint density at radius 3 is 2.29 bits per heavy atom. The van der Waals surface area contributed by atoms with Gasteiger partial charge in [0.05, 0.1) is 0 Å². The maximum atomic E-state index is 12.1. The molecule has 0 aliphatic carbocycles. The first-order valence-corrected chi connectivity index (χ1v) is 7.15. The molecule has 1 aromatic rings. The standard InChI is InChI=1S/C16H21NO4/c1-11-7-12(2)9-14(8-11)21-10-15(18)17-5-3-13(4-6-17)16(19)20/h7-9,13H,3-6,10H2,1-2H3,(H,19,20)/p-1. The second-order valence-corrected chi connectivity index (χ2v) is 5.59. The summed E-state index contributed by atoms with van der Waals surface area (Å²) in [6.45, 7) is 4.85. The fourth-order valence-corrected chi connectivity index (χ4v) is 2.62. The molecule has 21 heavy (non-hydrogen) atoms. The van der Waals surface area contributed by atoms with Crippen LogP contribution in [0.2, 0.25) is 0 Å². The van der Waals surface area contributed by atoms with E-state index in [1.807, 2.05) is 32.0 Å². The summed E-state index contributed by atoms with van der Waals surface area (Å²) in [6.07, 6.45) is 0.912. The zero-order valence-electron chi connectivity index (χ0n) is 12.4. The number of amides is 1. The minimum Gasteiger partial charge on any atom is -0.550 e. The minimum atomic E-state index is -1.02. The van der Waals surface area contributed by atoms with Crippen molar-refractivity contribution in [1.29, 1.82) is 0 Å². The van der Waals surface area contributed by atoms with Crippen molar-refractivity contribution in [3.63, 3.8) is 0 Å². The lowest BCUT2D eigenvalue weighted by Crippen LogP contribution is -2.45. The van der Waals surface area contributed by atoms with Gasteiger partial charge in [0.25, 0.3) is 5.91 Å². The van der Waals surface area contributed by atoms with Crippen LogP contribution < -0.4 is 9.84 Å². The summed E-state index contributed by atoms with van der Waals surface area (Å²) in [5.41, 5.74) is 2.18. The number of carboxylic acids is 1. The highest BCUT2D eigenvalue weighted by Crippen LogP contribution is 2.18. The van der Waals surface area contributed by atoms with Crippen LogP contribution in [0.3, 0.4) is 0 Å². The van der Waals surface area contributed by atoms with Crippen LogP contribution in [0.15, 0.2) is 18.2 Å². The van der Waals surface area contributed by atoms with E-state index in [0.717, 1.165) is 11.1 Å². The highest BCUT2D eigenvalue weighted by atomic mass is 16.5. The van der Waals surface area contributed by atoms with Crippen molar-refractivity contribution in [3.8, 4) is 5.75 Å². The molecule has 1 amide bonds. The van der Waals surface area contributed by atoms with Crippen molar-refractivity contribution in [2.75, 3.05) is 19.7 Å². The summed E-state index contributed by atoms with van der Waals surface area (Å²) in [4.78, 5) is 24.5. The van der Waals surface area contributed by atoms with E-state index < -0.39 is 11.9 Å². The number of benzene rings is 1. The van der Waals surface area contributed by atoms with Crippen molar-refractivity contribution in [2.24, 2.45) is 5.92 Å². The van der Waals surface area contributed by atoms with Crippen molar-refractivity contribution in [2.45, 2.75) is 26.7 Å². The molecule has 1 aliphatic rings. The molecule has 1 saturated heterocycles. The molecule has 0 spiro atoms. The zero-order chi connectivity index (χ0) is 15.4. The summed E-state index contributed by atoms with van der Waals surface area (Å²) in [6, 6.07) is 5.82. The Morgan fingerprint density at radius 1 is 1.19 bits per heavy atom. The molecular formula is C16H20NO4-. The Hall–Kier alpha value is -2.04. The number of carbonyl (C=O) groups is 2. The maximum Gasteiger partial charge on any atom is 0.260 e. The molecule has 0 radical (unpaired) electrons. The lowest BCUT2D eigenvalue weighted by atomic mass is 9.97. The topological polar surface area (TPSA) is 69.7 Å². The fraction of sp³-hybridized carbons (Fsp3) is 0.500. The number of rotatable bonds is 4. The van der Waals surface area contributed by atoms with Crippen LogP contribution in [-0.2, 0) is 9.59 Å². The molecule has 0 aromatic heterocycles. The van der Waals surface area contributed by atoms with E-state index in [4.69, 9.17) is 4.74 Å².